The van der Waals surface area contributed by atoms with Gasteiger partial charge in [-0.05, 0) is 56.9 Å². The molecule has 1 amide bonds. The number of hydrogen-bond donors (Lipinski definition) is 4. The van der Waals surface area contributed by atoms with Gasteiger partial charge >= 0.3 is 6.09 Å². The zero-order valence-corrected chi connectivity index (χ0v) is 14.7. The van der Waals surface area contributed by atoms with Crippen molar-refractivity contribution in [2.24, 2.45) is 0 Å². The smallest absolute Gasteiger partial charge is 0.413 e. The Balaban J connectivity index is 1.61. The number of fused-ring (bicyclic) bond motifs is 1. The molecule has 1 unspecified atom stereocenters. The number of aromatic amines is 1. The lowest BCUT2D eigenvalue weighted by molar-refractivity contribution is 0.0635. The molecular weight excluding hydrogens is 320 g/mol. The Kier molecular flexibility index (Phi) is 4.67. The Morgan fingerprint density at radius 3 is 3.00 bits per heavy atom. The van der Waals surface area contributed by atoms with E-state index >= 15 is 0 Å². The normalized spacial score (nSPS) is 16.5. The number of H-pyrrole nitrogens is 1. The maximum absolute atomic E-state index is 11.9. The van der Waals surface area contributed by atoms with Crippen molar-refractivity contribution in [3.63, 3.8) is 0 Å². The van der Waals surface area contributed by atoms with E-state index < -0.39 is 11.7 Å². The van der Waals surface area contributed by atoms with Gasteiger partial charge in [-0.1, -0.05) is 6.07 Å². The number of aromatic hydroxyl groups is 1. The number of ether oxygens (including phenoxy) is 1. The van der Waals surface area contributed by atoms with Gasteiger partial charge in [0.2, 0.25) is 0 Å². The lowest BCUT2D eigenvalue weighted by Crippen LogP contribution is -2.28. The highest BCUT2D eigenvalue weighted by molar-refractivity contribution is 5.84. The molecular formula is C18H24N4O3. The Morgan fingerprint density at radius 1 is 1.44 bits per heavy atom. The van der Waals surface area contributed by atoms with Gasteiger partial charge in [0.05, 0.1) is 6.20 Å². The number of aromatic nitrogens is 2. The highest BCUT2D eigenvalue weighted by Gasteiger charge is 2.23. The van der Waals surface area contributed by atoms with Crippen LogP contribution in [0.3, 0.4) is 0 Å². The summed E-state index contributed by atoms with van der Waals surface area (Å²) in [4.78, 5) is 11.9. The molecule has 1 aromatic carbocycles. The second kappa shape index (κ2) is 6.76. The van der Waals surface area contributed by atoms with Crippen LogP contribution in [0.5, 0.6) is 5.75 Å². The molecule has 1 aliphatic carbocycles. The summed E-state index contributed by atoms with van der Waals surface area (Å²) in [7, 11) is 0. The standard InChI is InChI=1S/C18H24N4O3/c1-18(2,3)25-17(24)21-16-12(10-20-22-16)9-19-15-7-4-11-8-13(23)5-6-14(11)15/h5-6,8,10,15,19,23H,4,7,9H2,1-3H3,(H2,20,21,22,24). The Bertz CT molecular complexity index is 764. The SMILES string of the molecule is CC(C)(C)OC(=O)Nc1[nH]ncc1CNC1CCc2cc(O)ccc21. The molecule has 3 rings (SSSR count). The number of anilines is 1. The van der Waals surface area contributed by atoms with E-state index in [9.17, 15) is 9.90 Å². The van der Waals surface area contributed by atoms with Crippen LogP contribution in [-0.2, 0) is 17.7 Å². The molecule has 2 aromatic rings. The third kappa shape index (κ3) is 4.30. The predicted octanol–water partition coefficient (Wildman–Crippen LogP) is 3.24. The summed E-state index contributed by atoms with van der Waals surface area (Å²) in [5, 5.41) is 22.6. The molecule has 1 aromatic heterocycles. The fourth-order valence-electron chi connectivity index (χ4n) is 3.01. The Morgan fingerprint density at radius 2 is 2.24 bits per heavy atom. The number of rotatable bonds is 4. The van der Waals surface area contributed by atoms with Crippen LogP contribution < -0.4 is 10.6 Å². The highest BCUT2D eigenvalue weighted by atomic mass is 16.6. The summed E-state index contributed by atoms with van der Waals surface area (Å²) in [6, 6.07) is 5.72. The van der Waals surface area contributed by atoms with Gasteiger partial charge in [-0.25, -0.2) is 4.79 Å². The van der Waals surface area contributed by atoms with Gasteiger partial charge in [0.1, 0.15) is 17.2 Å². The number of hydrogen-bond acceptors (Lipinski definition) is 5. The molecule has 25 heavy (non-hydrogen) atoms. The number of aryl methyl sites for hydroxylation is 1. The summed E-state index contributed by atoms with van der Waals surface area (Å²) in [5.74, 6) is 0.837. The number of benzene rings is 1. The van der Waals surface area contributed by atoms with E-state index in [-0.39, 0.29) is 6.04 Å². The minimum atomic E-state index is -0.554. The lowest BCUT2D eigenvalue weighted by atomic mass is 10.1. The van der Waals surface area contributed by atoms with Crippen molar-refractivity contribution in [2.45, 2.75) is 51.8 Å². The summed E-state index contributed by atoms with van der Waals surface area (Å²) in [6.45, 7) is 6.01. The molecule has 4 N–H and O–H groups in total. The van der Waals surface area contributed by atoms with E-state index in [0.717, 1.165) is 18.4 Å². The zero-order chi connectivity index (χ0) is 18.0. The van der Waals surface area contributed by atoms with Gasteiger partial charge in [-0.3, -0.25) is 10.4 Å². The lowest BCUT2D eigenvalue weighted by Gasteiger charge is -2.19. The zero-order valence-electron chi connectivity index (χ0n) is 14.7. The molecule has 1 atom stereocenters. The first-order valence-electron chi connectivity index (χ1n) is 8.39. The molecule has 1 heterocycles. The fraction of sp³-hybridized carbons (Fsp3) is 0.444. The van der Waals surface area contributed by atoms with E-state index in [0.29, 0.717) is 18.1 Å². The number of nitrogens with zero attached hydrogens (tertiary/aromatic N) is 1. The second-order valence-corrected chi connectivity index (χ2v) is 7.25. The average molecular weight is 344 g/mol. The van der Waals surface area contributed by atoms with Crippen LogP contribution >= 0.6 is 0 Å². The van der Waals surface area contributed by atoms with E-state index in [2.05, 4.69) is 20.8 Å². The summed E-state index contributed by atoms with van der Waals surface area (Å²) in [6.07, 6.45) is 3.09. The first-order valence-corrected chi connectivity index (χ1v) is 8.39. The molecule has 0 spiro atoms. The second-order valence-electron chi connectivity index (χ2n) is 7.25. The first kappa shape index (κ1) is 17.3. The molecule has 7 nitrogen and oxygen atoms in total. The quantitative estimate of drug-likeness (QED) is 0.682. The van der Waals surface area contributed by atoms with Crippen molar-refractivity contribution in [2.75, 3.05) is 5.32 Å². The van der Waals surface area contributed by atoms with Crippen molar-refractivity contribution in [1.29, 1.82) is 0 Å². The number of amides is 1. The van der Waals surface area contributed by atoms with E-state index in [1.807, 2.05) is 32.9 Å². The largest absolute Gasteiger partial charge is 0.508 e. The highest BCUT2D eigenvalue weighted by Crippen LogP contribution is 2.33. The minimum absolute atomic E-state index is 0.222. The Labute approximate surface area is 146 Å². The van der Waals surface area contributed by atoms with Crippen molar-refractivity contribution in [1.82, 2.24) is 15.5 Å². The van der Waals surface area contributed by atoms with Gasteiger partial charge in [0.25, 0.3) is 0 Å². The third-order valence-electron chi connectivity index (χ3n) is 4.09. The predicted molar refractivity (Wildman–Crippen MR) is 94.5 cm³/mol. The van der Waals surface area contributed by atoms with Crippen LogP contribution in [0.1, 0.15) is 49.9 Å². The van der Waals surface area contributed by atoms with Gasteiger partial charge in [0.15, 0.2) is 0 Å². The van der Waals surface area contributed by atoms with Gasteiger partial charge in [-0.15, -0.1) is 0 Å². The molecule has 1 aliphatic rings. The summed E-state index contributed by atoms with van der Waals surface area (Å²) < 4.78 is 5.26. The number of phenols is 1. The van der Waals surface area contributed by atoms with Crippen LogP contribution in [0.2, 0.25) is 0 Å². The van der Waals surface area contributed by atoms with Crippen LogP contribution in [0.4, 0.5) is 10.6 Å². The van der Waals surface area contributed by atoms with Crippen LogP contribution in [-0.4, -0.2) is 27.0 Å². The molecule has 0 bridgehead atoms. The molecule has 0 saturated carbocycles. The van der Waals surface area contributed by atoms with E-state index in [1.54, 1.807) is 12.3 Å². The Hall–Kier alpha value is -2.54. The van der Waals surface area contributed by atoms with E-state index in [4.69, 9.17) is 4.74 Å². The third-order valence-corrected chi connectivity index (χ3v) is 4.09. The number of phenolic OH excluding ortho intramolecular Hbond substituents is 1. The number of carbonyl (C=O) groups excluding carboxylic acids is 1. The van der Waals surface area contributed by atoms with Crippen molar-refractivity contribution in [3.8, 4) is 5.75 Å². The number of carbonyl (C=O) groups is 1. The molecule has 0 saturated heterocycles. The van der Waals surface area contributed by atoms with Crippen LogP contribution in [0, 0.1) is 0 Å². The molecule has 7 heteroatoms. The maximum atomic E-state index is 11.9. The number of nitrogens with one attached hydrogen (secondary N) is 3. The van der Waals surface area contributed by atoms with Crippen molar-refractivity contribution >= 4 is 11.9 Å². The first-order chi connectivity index (χ1) is 11.8. The fourth-order valence-corrected chi connectivity index (χ4v) is 3.01. The minimum Gasteiger partial charge on any atom is -0.508 e. The topological polar surface area (TPSA) is 99.3 Å². The maximum Gasteiger partial charge on any atom is 0.413 e. The van der Waals surface area contributed by atoms with Crippen molar-refractivity contribution < 1.29 is 14.6 Å². The monoisotopic (exact) mass is 344 g/mol. The van der Waals surface area contributed by atoms with Crippen molar-refractivity contribution in [3.05, 3.63) is 41.1 Å². The van der Waals surface area contributed by atoms with Gasteiger partial charge < -0.3 is 15.2 Å². The van der Waals surface area contributed by atoms with Crippen LogP contribution in [0.25, 0.3) is 0 Å². The summed E-state index contributed by atoms with van der Waals surface area (Å²) in [5.41, 5.74) is 2.69. The molecule has 0 radical (unpaired) electrons. The van der Waals surface area contributed by atoms with Gasteiger partial charge in [0, 0.05) is 18.2 Å². The molecule has 0 aliphatic heterocycles. The van der Waals surface area contributed by atoms with E-state index in [1.165, 1.54) is 11.1 Å². The molecule has 134 valence electrons. The average Bonchev–Trinajstić information content (AvgIpc) is 3.09. The molecule has 0 fully saturated rings. The van der Waals surface area contributed by atoms with Crippen LogP contribution in [0.15, 0.2) is 24.4 Å². The van der Waals surface area contributed by atoms with Gasteiger partial charge in [-0.2, -0.15) is 5.10 Å². The summed E-state index contributed by atoms with van der Waals surface area (Å²) >= 11 is 0.